The second-order valence-electron chi connectivity index (χ2n) is 3.43. The summed E-state index contributed by atoms with van der Waals surface area (Å²) in [6.07, 6.45) is 0.889. The van der Waals surface area contributed by atoms with Crippen LogP contribution in [0.5, 0.6) is 0 Å². The fraction of sp³-hybridized carbons (Fsp3) is 0.455. The highest BCUT2D eigenvalue weighted by Crippen LogP contribution is 2.36. The van der Waals surface area contributed by atoms with Crippen LogP contribution in [-0.2, 0) is 6.42 Å². The number of fused-ring (bicyclic) bond motifs is 1. The van der Waals surface area contributed by atoms with Gasteiger partial charge in [0.2, 0.25) is 0 Å². The fourth-order valence-electron chi connectivity index (χ4n) is 2.10. The van der Waals surface area contributed by atoms with Gasteiger partial charge in [-0.05, 0) is 17.5 Å². The van der Waals surface area contributed by atoms with Gasteiger partial charge in [0.25, 0.3) is 0 Å². The van der Waals surface area contributed by atoms with Crippen molar-refractivity contribution in [2.24, 2.45) is 0 Å². The second-order valence-corrected chi connectivity index (χ2v) is 3.43. The van der Waals surface area contributed by atoms with E-state index in [1.54, 1.807) is 0 Å². The normalized spacial score (nSPS) is 27.2. The van der Waals surface area contributed by atoms with E-state index < -0.39 is 6.17 Å². The zero-order chi connectivity index (χ0) is 8.55. The lowest BCUT2D eigenvalue weighted by molar-refractivity contribution is 0.295. The summed E-state index contributed by atoms with van der Waals surface area (Å²) < 4.78 is 13.4. The number of halogens is 1. The number of alkyl halides is 1. The Labute approximate surface area is 72.4 Å². The summed E-state index contributed by atoms with van der Waals surface area (Å²) in [5.41, 5.74) is 2.43. The molecule has 1 heteroatoms. The molecule has 0 unspecified atom stereocenters. The Morgan fingerprint density at radius 1 is 1.42 bits per heavy atom. The fourth-order valence-corrected chi connectivity index (χ4v) is 2.10. The van der Waals surface area contributed by atoms with E-state index in [-0.39, 0.29) is 5.92 Å². The lowest BCUT2D eigenvalue weighted by Gasteiger charge is -2.10. The van der Waals surface area contributed by atoms with E-state index in [0.29, 0.717) is 6.42 Å². The summed E-state index contributed by atoms with van der Waals surface area (Å²) in [4.78, 5) is 0. The molecule has 0 N–H and O–H groups in total. The molecule has 0 saturated carbocycles. The minimum Gasteiger partial charge on any atom is -0.246 e. The molecule has 0 aromatic heterocycles. The van der Waals surface area contributed by atoms with Crippen LogP contribution in [0.15, 0.2) is 24.3 Å². The highest BCUT2D eigenvalue weighted by Gasteiger charge is 2.30. The van der Waals surface area contributed by atoms with Crippen LogP contribution in [-0.4, -0.2) is 6.17 Å². The average molecular weight is 164 g/mol. The largest absolute Gasteiger partial charge is 0.246 e. The summed E-state index contributed by atoms with van der Waals surface area (Å²) in [6.45, 7) is 2.05. The third-order valence-corrected chi connectivity index (χ3v) is 2.75. The van der Waals surface area contributed by atoms with E-state index in [2.05, 4.69) is 13.0 Å². The van der Waals surface area contributed by atoms with Gasteiger partial charge in [-0.3, -0.25) is 0 Å². The smallest absolute Gasteiger partial charge is 0.111 e. The quantitative estimate of drug-likeness (QED) is 0.598. The van der Waals surface area contributed by atoms with Crippen molar-refractivity contribution >= 4 is 0 Å². The van der Waals surface area contributed by atoms with Crippen molar-refractivity contribution < 1.29 is 4.39 Å². The molecule has 1 aromatic rings. The van der Waals surface area contributed by atoms with Gasteiger partial charge < -0.3 is 0 Å². The predicted molar refractivity (Wildman–Crippen MR) is 48.1 cm³/mol. The van der Waals surface area contributed by atoms with Gasteiger partial charge in [0.1, 0.15) is 6.17 Å². The highest BCUT2D eigenvalue weighted by molar-refractivity contribution is 5.36. The van der Waals surface area contributed by atoms with Crippen LogP contribution in [0.1, 0.15) is 30.4 Å². The average Bonchev–Trinajstić information content (AvgIpc) is 2.40. The second kappa shape index (κ2) is 2.89. The first kappa shape index (κ1) is 7.78. The van der Waals surface area contributed by atoms with E-state index in [1.165, 1.54) is 11.1 Å². The van der Waals surface area contributed by atoms with Crippen molar-refractivity contribution in [1.82, 2.24) is 0 Å². The van der Waals surface area contributed by atoms with E-state index in [1.807, 2.05) is 18.2 Å². The highest BCUT2D eigenvalue weighted by atomic mass is 19.1. The predicted octanol–water partition coefficient (Wildman–Crippen LogP) is 3.07. The molecule has 0 amide bonds. The van der Waals surface area contributed by atoms with Gasteiger partial charge >= 0.3 is 0 Å². The van der Waals surface area contributed by atoms with E-state index in [9.17, 15) is 4.39 Å². The number of hydrogen-bond donors (Lipinski definition) is 0. The van der Waals surface area contributed by atoms with Gasteiger partial charge in [-0.25, -0.2) is 4.39 Å². The van der Waals surface area contributed by atoms with Crippen LogP contribution in [0.3, 0.4) is 0 Å². The minimum absolute atomic E-state index is 0.154. The van der Waals surface area contributed by atoms with E-state index >= 15 is 0 Å². The van der Waals surface area contributed by atoms with Crippen LogP contribution in [0, 0.1) is 0 Å². The molecular weight excluding hydrogens is 151 g/mol. The zero-order valence-electron chi connectivity index (χ0n) is 7.26. The Balaban J connectivity index is 2.40. The molecule has 1 aliphatic rings. The molecule has 0 heterocycles. The molecule has 1 aromatic carbocycles. The topological polar surface area (TPSA) is 0 Å². The van der Waals surface area contributed by atoms with Crippen molar-refractivity contribution in [3.8, 4) is 0 Å². The number of hydrogen-bond acceptors (Lipinski definition) is 0. The van der Waals surface area contributed by atoms with E-state index in [4.69, 9.17) is 0 Å². The molecule has 0 nitrogen and oxygen atoms in total. The maximum atomic E-state index is 13.4. The zero-order valence-corrected chi connectivity index (χ0v) is 7.26. The number of rotatable bonds is 1. The summed E-state index contributed by atoms with van der Waals surface area (Å²) in [5, 5.41) is 0. The summed E-state index contributed by atoms with van der Waals surface area (Å²) in [7, 11) is 0. The molecule has 12 heavy (non-hydrogen) atoms. The molecule has 0 bridgehead atoms. The van der Waals surface area contributed by atoms with Crippen LogP contribution in [0.4, 0.5) is 4.39 Å². The molecule has 2 rings (SSSR count). The van der Waals surface area contributed by atoms with Crippen LogP contribution < -0.4 is 0 Å². The van der Waals surface area contributed by atoms with Gasteiger partial charge in [-0.1, -0.05) is 31.2 Å². The van der Waals surface area contributed by atoms with Crippen LogP contribution in [0.25, 0.3) is 0 Å². The maximum Gasteiger partial charge on any atom is 0.111 e. The Morgan fingerprint density at radius 2 is 2.17 bits per heavy atom. The first-order valence-corrected chi connectivity index (χ1v) is 4.54. The van der Waals surface area contributed by atoms with Crippen molar-refractivity contribution in [3.05, 3.63) is 35.4 Å². The molecule has 1 aliphatic carbocycles. The number of benzene rings is 1. The van der Waals surface area contributed by atoms with Gasteiger partial charge in [0, 0.05) is 12.3 Å². The molecule has 2 atom stereocenters. The first-order chi connectivity index (χ1) is 5.83. The third-order valence-electron chi connectivity index (χ3n) is 2.75. The SMILES string of the molecule is CC[C@@H]1c2ccccc2C[C@H]1F. The van der Waals surface area contributed by atoms with Gasteiger partial charge in [0.05, 0.1) is 0 Å². The minimum atomic E-state index is -0.646. The molecule has 0 fully saturated rings. The van der Waals surface area contributed by atoms with Crippen molar-refractivity contribution in [3.63, 3.8) is 0 Å². The van der Waals surface area contributed by atoms with Gasteiger partial charge in [-0.2, -0.15) is 0 Å². The van der Waals surface area contributed by atoms with Gasteiger partial charge in [0.15, 0.2) is 0 Å². The van der Waals surface area contributed by atoms with Crippen LogP contribution in [0.2, 0.25) is 0 Å². The van der Waals surface area contributed by atoms with Crippen molar-refractivity contribution in [2.75, 3.05) is 0 Å². The molecule has 0 aliphatic heterocycles. The lowest BCUT2D eigenvalue weighted by atomic mass is 9.98. The summed E-state index contributed by atoms with van der Waals surface area (Å²) in [6, 6.07) is 8.09. The van der Waals surface area contributed by atoms with Crippen molar-refractivity contribution in [1.29, 1.82) is 0 Å². The monoisotopic (exact) mass is 164 g/mol. The first-order valence-electron chi connectivity index (χ1n) is 4.54. The Kier molecular flexibility index (Phi) is 1.87. The molecular formula is C11H13F. The summed E-state index contributed by atoms with van der Waals surface area (Å²) in [5.74, 6) is 0.154. The third kappa shape index (κ3) is 1.04. The standard InChI is InChI=1S/C11H13F/c1-2-9-10-6-4-3-5-8(10)7-11(9)12/h3-6,9,11H,2,7H2,1H3/t9-,11-/m1/s1. The van der Waals surface area contributed by atoms with Crippen LogP contribution >= 0.6 is 0 Å². The molecule has 0 spiro atoms. The van der Waals surface area contributed by atoms with Gasteiger partial charge in [-0.15, -0.1) is 0 Å². The lowest BCUT2D eigenvalue weighted by Crippen LogP contribution is -2.06. The Bertz CT molecular complexity index is 280. The maximum absolute atomic E-state index is 13.4. The van der Waals surface area contributed by atoms with E-state index in [0.717, 1.165) is 6.42 Å². The Morgan fingerprint density at radius 3 is 2.92 bits per heavy atom. The molecule has 0 radical (unpaired) electrons. The summed E-state index contributed by atoms with van der Waals surface area (Å²) >= 11 is 0. The molecule has 64 valence electrons. The Hall–Kier alpha value is -0.850. The molecule has 0 saturated heterocycles. The van der Waals surface area contributed by atoms with Crippen molar-refractivity contribution in [2.45, 2.75) is 31.9 Å².